The van der Waals surface area contributed by atoms with Gasteiger partial charge in [-0.05, 0) is 18.2 Å². The molecule has 0 radical (unpaired) electrons. The van der Waals surface area contributed by atoms with E-state index < -0.39 is 11.7 Å². The van der Waals surface area contributed by atoms with Crippen LogP contribution in [0.1, 0.15) is 11.1 Å². The Kier molecular flexibility index (Phi) is 2.56. The Morgan fingerprint density at radius 3 is 2.38 bits per heavy atom. The molecular weight excluding hydrogens is 201 g/mol. The lowest BCUT2D eigenvalue weighted by molar-refractivity contribution is -0.137. The molecule has 0 fully saturated rings. The molecule has 0 amide bonds. The van der Waals surface area contributed by atoms with E-state index in [1.54, 1.807) is 0 Å². The minimum Gasteiger partial charge on any atom is -0.507 e. The molecule has 0 aliphatic heterocycles. The van der Waals surface area contributed by atoms with Gasteiger partial charge in [-0.25, -0.2) is 0 Å². The quantitative estimate of drug-likeness (QED) is 0.713. The lowest BCUT2D eigenvalue weighted by atomic mass is 10.1. The fourth-order valence-electron chi connectivity index (χ4n) is 0.825. The van der Waals surface area contributed by atoms with Gasteiger partial charge >= 0.3 is 6.18 Å². The molecule has 0 aliphatic rings. The summed E-state index contributed by atoms with van der Waals surface area (Å²) in [7, 11) is 0. The van der Waals surface area contributed by atoms with Crippen LogP contribution >= 0.6 is 12.2 Å². The topological polar surface area (TPSA) is 20.2 Å². The van der Waals surface area contributed by atoms with Crippen LogP contribution < -0.4 is 0 Å². The third-order valence-electron chi connectivity index (χ3n) is 1.48. The maximum atomic E-state index is 12.1. The Balaban J connectivity index is 3.21. The zero-order valence-corrected chi connectivity index (χ0v) is 7.12. The summed E-state index contributed by atoms with van der Waals surface area (Å²) >= 11 is 4.44. The predicted molar refractivity (Wildman–Crippen MR) is 45.9 cm³/mol. The van der Waals surface area contributed by atoms with Crippen molar-refractivity contribution in [2.75, 3.05) is 0 Å². The summed E-state index contributed by atoms with van der Waals surface area (Å²) in [6, 6.07) is 2.58. The van der Waals surface area contributed by atoms with E-state index >= 15 is 0 Å². The maximum Gasteiger partial charge on any atom is 0.416 e. The molecule has 13 heavy (non-hydrogen) atoms. The van der Waals surface area contributed by atoms with Crippen molar-refractivity contribution in [3.8, 4) is 5.75 Å². The monoisotopic (exact) mass is 206 g/mol. The van der Waals surface area contributed by atoms with Crippen molar-refractivity contribution in [1.29, 1.82) is 0 Å². The van der Waals surface area contributed by atoms with Gasteiger partial charge in [0.2, 0.25) is 0 Å². The van der Waals surface area contributed by atoms with Gasteiger partial charge in [-0.1, -0.05) is 12.2 Å². The largest absolute Gasteiger partial charge is 0.507 e. The number of hydrogen-bond donors (Lipinski definition) is 1. The smallest absolute Gasteiger partial charge is 0.416 e. The summed E-state index contributed by atoms with van der Waals surface area (Å²) in [5.41, 5.74) is -0.814. The predicted octanol–water partition coefficient (Wildman–Crippen LogP) is 2.76. The van der Waals surface area contributed by atoms with Gasteiger partial charge in [0.25, 0.3) is 0 Å². The van der Waals surface area contributed by atoms with Crippen molar-refractivity contribution >= 4 is 17.6 Å². The van der Waals surface area contributed by atoms with Crippen molar-refractivity contribution in [1.82, 2.24) is 0 Å². The van der Waals surface area contributed by atoms with Crippen LogP contribution in [0.5, 0.6) is 5.75 Å². The number of rotatable bonds is 1. The molecule has 0 bridgehead atoms. The minimum absolute atomic E-state index is 0.00447. The first-order valence-electron chi connectivity index (χ1n) is 3.30. The molecule has 0 aliphatic carbocycles. The molecule has 5 heteroatoms. The van der Waals surface area contributed by atoms with Crippen molar-refractivity contribution in [2.24, 2.45) is 0 Å². The highest BCUT2D eigenvalue weighted by atomic mass is 32.1. The fraction of sp³-hybridized carbons (Fsp3) is 0.125. The molecule has 1 rings (SSSR count). The van der Waals surface area contributed by atoms with Gasteiger partial charge in [0.15, 0.2) is 0 Å². The van der Waals surface area contributed by atoms with E-state index in [0.29, 0.717) is 0 Å². The van der Waals surface area contributed by atoms with Gasteiger partial charge in [0.1, 0.15) is 5.75 Å². The van der Waals surface area contributed by atoms with Crippen LogP contribution in [0.15, 0.2) is 18.2 Å². The molecule has 0 atom stereocenters. The zero-order valence-electron chi connectivity index (χ0n) is 6.30. The SMILES string of the molecule is Oc1ccc(C(F)(F)F)cc1C=S. The number of thiocarbonyl (C=S) groups is 1. The second kappa shape index (κ2) is 3.33. The van der Waals surface area contributed by atoms with Crippen LogP contribution in [-0.4, -0.2) is 10.5 Å². The second-order valence-corrected chi connectivity index (χ2v) is 2.62. The summed E-state index contributed by atoms with van der Waals surface area (Å²) in [5.74, 6) is -0.247. The molecular formula is C8H5F3OS. The maximum absolute atomic E-state index is 12.1. The van der Waals surface area contributed by atoms with E-state index in [1.807, 2.05) is 0 Å². The van der Waals surface area contributed by atoms with E-state index in [1.165, 1.54) is 0 Å². The molecule has 0 spiro atoms. The highest BCUT2D eigenvalue weighted by Gasteiger charge is 2.30. The molecule has 1 nitrogen and oxygen atoms in total. The average molecular weight is 206 g/mol. The van der Waals surface area contributed by atoms with Crippen LogP contribution in [0.2, 0.25) is 0 Å². The molecule has 0 saturated heterocycles. The van der Waals surface area contributed by atoms with E-state index in [-0.39, 0.29) is 11.3 Å². The van der Waals surface area contributed by atoms with E-state index in [0.717, 1.165) is 23.6 Å². The van der Waals surface area contributed by atoms with Gasteiger partial charge in [-0.3, -0.25) is 0 Å². The number of aromatic hydroxyl groups is 1. The standard InChI is InChI=1S/C8H5F3OS/c9-8(10,11)6-1-2-7(12)5(3-6)4-13/h1-4,12H. The van der Waals surface area contributed by atoms with Gasteiger partial charge in [0.05, 0.1) is 5.56 Å². The first kappa shape index (κ1) is 9.98. The number of alkyl halides is 3. The van der Waals surface area contributed by atoms with Crippen molar-refractivity contribution < 1.29 is 18.3 Å². The third-order valence-corrected chi connectivity index (χ3v) is 1.74. The third kappa shape index (κ3) is 2.18. The van der Waals surface area contributed by atoms with E-state index in [9.17, 15) is 13.2 Å². The zero-order chi connectivity index (χ0) is 10.1. The van der Waals surface area contributed by atoms with Gasteiger partial charge < -0.3 is 5.11 Å². The number of hydrogen-bond acceptors (Lipinski definition) is 2. The highest BCUT2D eigenvalue weighted by Crippen LogP contribution is 2.31. The van der Waals surface area contributed by atoms with Gasteiger partial charge in [0, 0.05) is 10.9 Å². The summed E-state index contributed by atoms with van der Waals surface area (Å²) < 4.78 is 36.3. The Hall–Kier alpha value is -1.10. The van der Waals surface area contributed by atoms with Gasteiger partial charge in [-0.2, -0.15) is 13.2 Å². The molecule has 0 heterocycles. The summed E-state index contributed by atoms with van der Waals surface area (Å²) in [5, 5.41) is 10.0. The Morgan fingerprint density at radius 2 is 1.92 bits per heavy atom. The molecule has 1 aromatic carbocycles. The van der Waals surface area contributed by atoms with Crippen LogP contribution in [0.3, 0.4) is 0 Å². The summed E-state index contributed by atoms with van der Waals surface area (Å²) in [6.45, 7) is 0. The number of phenols is 1. The van der Waals surface area contributed by atoms with Crippen molar-refractivity contribution in [3.05, 3.63) is 29.3 Å². The highest BCUT2D eigenvalue weighted by molar-refractivity contribution is 7.79. The van der Waals surface area contributed by atoms with Crippen molar-refractivity contribution in [3.63, 3.8) is 0 Å². The molecule has 0 unspecified atom stereocenters. The lowest BCUT2D eigenvalue weighted by Crippen LogP contribution is -2.05. The first-order chi connectivity index (χ1) is 5.95. The molecule has 1 aromatic rings. The van der Waals surface area contributed by atoms with Gasteiger partial charge in [-0.15, -0.1) is 0 Å². The number of halogens is 3. The molecule has 0 saturated carbocycles. The molecule has 1 N–H and O–H groups in total. The van der Waals surface area contributed by atoms with Crippen LogP contribution in [0, 0.1) is 0 Å². The first-order valence-corrected chi connectivity index (χ1v) is 3.77. The minimum atomic E-state index is -4.40. The fourth-order valence-corrected chi connectivity index (χ4v) is 1.01. The Bertz CT molecular complexity index is 333. The second-order valence-electron chi connectivity index (χ2n) is 2.39. The lowest BCUT2D eigenvalue weighted by Gasteiger charge is -2.07. The average Bonchev–Trinajstić information content (AvgIpc) is 2.03. The van der Waals surface area contributed by atoms with E-state index in [4.69, 9.17) is 5.11 Å². The summed E-state index contributed by atoms with van der Waals surface area (Å²) in [6.07, 6.45) is -4.40. The van der Waals surface area contributed by atoms with Crippen LogP contribution in [-0.2, 0) is 6.18 Å². The van der Waals surface area contributed by atoms with Crippen LogP contribution in [0.25, 0.3) is 0 Å². The number of benzene rings is 1. The Morgan fingerprint density at radius 1 is 1.31 bits per heavy atom. The summed E-state index contributed by atoms with van der Waals surface area (Å²) in [4.78, 5) is 0. The molecule has 0 aromatic heterocycles. The molecule has 70 valence electrons. The van der Waals surface area contributed by atoms with Crippen molar-refractivity contribution in [2.45, 2.75) is 6.18 Å². The van der Waals surface area contributed by atoms with Crippen LogP contribution in [0.4, 0.5) is 13.2 Å². The Labute approximate surface area is 77.8 Å². The van der Waals surface area contributed by atoms with E-state index in [2.05, 4.69) is 12.2 Å². The number of phenolic OH excluding ortho intramolecular Hbond substituents is 1. The normalized spacial score (nSPS) is 11.3.